The zero-order chi connectivity index (χ0) is 23.6. The van der Waals surface area contributed by atoms with Crippen molar-refractivity contribution in [3.63, 3.8) is 0 Å². The first kappa shape index (κ1) is 25.0. The molecule has 0 aliphatic rings. The number of unbranched alkanes of at least 4 members (excludes halogenated alkanes) is 2. The summed E-state index contributed by atoms with van der Waals surface area (Å²) in [7, 11) is 3.99. The second-order valence-electron chi connectivity index (χ2n) is 8.88. The molecule has 1 aromatic heterocycles. The van der Waals surface area contributed by atoms with Gasteiger partial charge in [0.25, 0.3) is 0 Å². The largest absolute Gasteiger partial charge is 0.496 e. The van der Waals surface area contributed by atoms with Crippen LogP contribution in [0.2, 0.25) is 0 Å². The number of hydrogen-bond acceptors (Lipinski definition) is 3. The lowest BCUT2D eigenvalue weighted by molar-refractivity contribution is 0.217. The van der Waals surface area contributed by atoms with Gasteiger partial charge in [-0.05, 0) is 43.0 Å². The maximum absolute atomic E-state index is 5.87. The van der Waals surface area contributed by atoms with E-state index in [1.165, 1.54) is 41.5 Å². The van der Waals surface area contributed by atoms with Crippen molar-refractivity contribution < 1.29 is 4.74 Å². The molecule has 0 spiro atoms. The predicted molar refractivity (Wildman–Crippen MR) is 140 cm³/mol. The van der Waals surface area contributed by atoms with E-state index in [0.29, 0.717) is 6.04 Å². The first-order chi connectivity index (χ1) is 16.1. The Kier molecular flexibility index (Phi) is 9.50. The van der Waals surface area contributed by atoms with Gasteiger partial charge in [-0.15, -0.1) is 0 Å². The fourth-order valence-corrected chi connectivity index (χ4v) is 4.77. The van der Waals surface area contributed by atoms with Crippen LogP contribution in [0.1, 0.15) is 74.8 Å². The molecule has 3 nitrogen and oxygen atoms in total. The number of rotatable bonds is 12. The summed E-state index contributed by atoms with van der Waals surface area (Å²) in [6.07, 6.45) is 8.91. The summed E-state index contributed by atoms with van der Waals surface area (Å²) in [5.41, 5.74) is 7.47. The quantitative estimate of drug-likeness (QED) is 0.268. The standard InChI is InChI=1S/C30H40N2O/c1-6-9-11-19-28(25-15-12-10-13-16-25)32(4)22-26-21-31-27(20-29(26)33-5)30-23(7-2)17-14-18-24(30)8-3/h10,12-18,20-21,28H,6-9,11,19,22H2,1-5H3. The Hall–Kier alpha value is -2.65. The highest BCUT2D eigenvalue weighted by Gasteiger charge is 2.20. The average molecular weight is 445 g/mol. The van der Waals surface area contributed by atoms with Crippen molar-refractivity contribution in [2.45, 2.75) is 71.9 Å². The number of nitrogens with zero attached hydrogens (tertiary/aromatic N) is 2. The lowest BCUT2D eigenvalue weighted by Crippen LogP contribution is -2.24. The smallest absolute Gasteiger partial charge is 0.127 e. The van der Waals surface area contributed by atoms with Crippen LogP contribution >= 0.6 is 0 Å². The highest BCUT2D eigenvalue weighted by Crippen LogP contribution is 2.33. The molecule has 2 aromatic carbocycles. The number of pyridine rings is 1. The molecule has 1 atom stereocenters. The van der Waals surface area contributed by atoms with Crippen LogP contribution in [-0.2, 0) is 19.4 Å². The number of aryl methyl sites for hydroxylation is 2. The van der Waals surface area contributed by atoms with Gasteiger partial charge in [-0.2, -0.15) is 0 Å². The summed E-state index contributed by atoms with van der Waals surface area (Å²) in [5, 5.41) is 0. The van der Waals surface area contributed by atoms with E-state index in [1.54, 1.807) is 7.11 Å². The highest BCUT2D eigenvalue weighted by molar-refractivity contribution is 5.69. The van der Waals surface area contributed by atoms with Gasteiger partial charge in [0.1, 0.15) is 5.75 Å². The molecule has 3 heteroatoms. The van der Waals surface area contributed by atoms with Gasteiger partial charge in [0.2, 0.25) is 0 Å². The van der Waals surface area contributed by atoms with Gasteiger partial charge in [-0.3, -0.25) is 9.88 Å². The first-order valence-electron chi connectivity index (χ1n) is 12.5. The van der Waals surface area contributed by atoms with Crippen molar-refractivity contribution in [2.24, 2.45) is 0 Å². The molecule has 3 aromatic rings. The van der Waals surface area contributed by atoms with Crippen molar-refractivity contribution in [1.29, 1.82) is 0 Å². The molecule has 0 saturated carbocycles. The van der Waals surface area contributed by atoms with Crippen LogP contribution in [0.5, 0.6) is 5.75 Å². The maximum atomic E-state index is 5.87. The molecule has 0 aliphatic heterocycles. The number of methoxy groups -OCH3 is 1. The SMILES string of the molecule is CCCCCC(c1ccccc1)N(C)Cc1cnc(-c2c(CC)cccc2CC)cc1OC. The van der Waals surface area contributed by atoms with Gasteiger partial charge in [0, 0.05) is 36.0 Å². The van der Waals surface area contributed by atoms with E-state index in [-0.39, 0.29) is 0 Å². The number of ether oxygens (including phenoxy) is 1. The molecule has 0 N–H and O–H groups in total. The molecular weight excluding hydrogens is 404 g/mol. The molecule has 0 aliphatic carbocycles. The number of aromatic nitrogens is 1. The van der Waals surface area contributed by atoms with Crippen molar-refractivity contribution in [3.8, 4) is 17.0 Å². The molecule has 1 heterocycles. The van der Waals surface area contributed by atoms with Crippen LogP contribution < -0.4 is 4.74 Å². The first-order valence-corrected chi connectivity index (χ1v) is 12.5. The van der Waals surface area contributed by atoms with Crippen LogP contribution in [0.4, 0.5) is 0 Å². The van der Waals surface area contributed by atoms with Crippen LogP contribution in [0.25, 0.3) is 11.3 Å². The third kappa shape index (κ3) is 6.23. The molecule has 176 valence electrons. The monoisotopic (exact) mass is 444 g/mol. The van der Waals surface area contributed by atoms with Crippen LogP contribution in [0.15, 0.2) is 60.8 Å². The van der Waals surface area contributed by atoms with Crippen molar-refractivity contribution in [3.05, 3.63) is 83.0 Å². The van der Waals surface area contributed by atoms with E-state index in [9.17, 15) is 0 Å². The van der Waals surface area contributed by atoms with Crippen LogP contribution in [-0.4, -0.2) is 24.0 Å². The highest BCUT2D eigenvalue weighted by atomic mass is 16.5. The Balaban J connectivity index is 1.89. The Labute approximate surface area is 200 Å². The lowest BCUT2D eigenvalue weighted by Gasteiger charge is -2.29. The van der Waals surface area contributed by atoms with Crippen molar-refractivity contribution >= 4 is 0 Å². The maximum Gasteiger partial charge on any atom is 0.127 e. The molecule has 0 saturated heterocycles. The van der Waals surface area contributed by atoms with Gasteiger partial charge in [-0.25, -0.2) is 0 Å². The summed E-state index contributed by atoms with van der Waals surface area (Å²) in [6, 6.07) is 20.0. The summed E-state index contributed by atoms with van der Waals surface area (Å²) in [5.74, 6) is 0.917. The molecular formula is C30H40N2O. The molecule has 0 radical (unpaired) electrons. The fraction of sp³-hybridized carbons (Fsp3) is 0.433. The topological polar surface area (TPSA) is 25.4 Å². The summed E-state index contributed by atoms with van der Waals surface area (Å²) in [6.45, 7) is 7.49. The van der Waals surface area contributed by atoms with E-state index < -0.39 is 0 Å². The van der Waals surface area contributed by atoms with Crippen molar-refractivity contribution in [1.82, 2.24) is 9.88 Å². The zero-order valence-electron chi connectivity index (χ0n) is 21.1. The summed E-state index contributed by atoms with van der Waals surface area (Å²) < 4.78 is 5.87. The Morgan fingerprint density at radius 2 is 1.58 bits per heavy atom. The minimum atomic E-state index is 0.384. The Morgan fingerprint density at radius 3 is 2.18 bits per heavy atom. The van der Waals surface area contributed by atoms with Gasteiger partial charge in [0.15, 0.2) is 0 Å². The van der Waals surface area contributed by atoms with E-state index in [0.717, 1.165) is 42.8 Å². The third-order valence-electron chi connectivity index (χ3n) is 6.64. The van der Waals surface area contributed by atoms with E-state index in [2.05, 4.69) is 87.3 Å². The minimum Gasteiger partial charge on any atom is -0.496 e. The van der Waals surface area contributed by atoms with E-state index in [1.807, 2.05) is 6.20 Å². The summed E-state index contributed by atoms with van der Waals surface area (Å²) >= 11 is 0. The van der Waals surface area contributed by atoms with Gasteiger partial charge in [-0.1, -0.05) is 88.6 Å². The fourth-order valence-electron chi connectivity index (χ4n) is 4.77. The predicted octanol–water partition coefficient (Wildman–Crippen LogP) is 7.64. The molecule has 1 unspecified atom stereocenters. The molecule has 0 fully saturated rings. The minimum absolute atomic E-state index is 0.384. The van der Waals surface area contributed by atoms with Crippen LogP contribution in [0.3, 0.4) is 0 Å². The molecule has 33 heavy (non-hydrogen) atoms. The molecule has 0 amide bonds. The van der Waals surface area contributed by atoms with Crippen molar-refractivity contribution in [2.75, 3.05) is 14.2 Å². The Bertz CT molecular complexity index is 977. The number of hydrogen-bond donors (Lipinski definition) is 0. The van der Waals surface area contributed by atoms with Gasteiger partial charge < -0.3 is 4.74 Å². The third-order valence-corrected chi connectivity index (χ3v) is 6.64. The zero-order valence-corrected chi connectivity index (χ0v) is 21.1. The second-order valence-corrected chi connectivity index (χ2v) is 8.88. The van der Waals surface area contributed by atoms with Crippen LogP contribution in [0, 0.1) is 0 Å². The van der Waals surface area contributed by atoms with Gasteiger partial charge >= 0.3 is 0 Å². The second kappa shape index (κ2) is 12.6. The molecule has 3 rings (SSSR count). The Morgan fingerprint density at radius 1 is 0.879 bits per heavy atom. The lowest BCUT2D eigenvalue weighted by atomic mass is 9.94. The van der Waals surface area contributed by atoms with Gasteiger partial charge in [0.05, 0.1) is 12.8 Å². The van der Waals surface area contributed by atoms with E-state index >= 15 is 0 Å². The molecule has 0 bridgehead atoms. The number of benzene rings is 2. The average Bonchev–Trinajstić information content (AvgIpc) is 2.86. The summed E-state index contributed by atoms with van der Waals surface area (Å²) in [4.78, 5) is 7.37. The normalized spacial score (nSPS) is 12.2. The van der Waals surface area contributed by atoms with E-state index in [4.69, 9.17) is 9.72 Å².